The first-order chi connectivity index (χ1) is 10.1. The summed E-state index contributed by atoms with van der Waals surface area (Å²) in [5.74, 6) is 0.0990. The maximum Gasteiger partial charge on any atom is 0.323 e. The van der Waals surface area contributed by atoms with Crippen LogP contribution in [0.4, 0.5) is 15.0 Å². The van der Waals surface area contributed by atoms with Crippen LogP contribution in [0.1, 0.15) is 11.1 Å². The molecule has 3 N–H and O–H groups in total. The second-order valence-electron chi connectivity index (χ2n) is 4.85. The molecule has 1 aliphatic rings. The van der Waals surface area contributed by atoms with E-state index in [0.717, 1.165) is 5.56 Å². The predicted molar refractivity (Wildman–Crippen MR) is 83.1 cm³/mol. The number of fused-ring (bicyclic) bond motifs is 1. The number of carbonyl (C=O) groups excluding carboxylic acids is 1. The third-order valence-corrected chi connectivity index (χ3v) is 3.46. The fraction of sp³-hybridized carbons (Fsp3) is 0.214. The Labute approximate surface area is 133 Å². The number of nitrogens with one attached hydrogen (secondary N) is 1. The lowest BCUT2D eigenvalue weighted by atomic mass is 10.0. The molecule has 1 aromatic heterocycles. The molecule has 8 heteroatoms. The zero-order valence-electron chi connectivity index (χ0n) is 11.8. The Balaban J connectivity index is 0.00000176. The van der Waals surface area contributed by atoms with Crippen molar-refractivity contribution in [2.45, 2.75) is 13.1 Å². The second kappa shape index (κ2) is 6.25. The molecule has 0 unspecified atom stereocenters. The summed E-state index contributed by atoms with van der Waals surface area (Å²) in [4.78, 5) is 21.4. The monoisotopic (exact) mass is 323 g/mol. The Morgan fingerprint density at radius 3 is 2.86 bits per heavy atom. The Kier molecular flexibility index (Phi) is 4.58. The normalized spacial score (nSPS) is 13.2. The van der Waals surface area contributed by atoms with Crippen molar-refractivity contribution in [3.05, 3.63) is 41.5 Å². The highest BCUT2D eigenvalue weighted by molar-refractivity contribution is 5.92. The van der Waals surface area contributed by atoms with Gasteiger partial charge in [-0.3, -0.25) is 5.32 Å². The van der Waals surface area contributed by atoms with Gasteiger partial charge in [-0.25, -0.2) is 19.2 Å². The maximum atomic E-state index is 13.9. The number of amides is 2. The molecule has 22 heavy (non-hydrogen) atoms. The molecule has 0 bridgehead atoms. The second-order valence-corrected chi connectivity index (χ2v) is 4.85. The van der Waals surface area contributed by atoms with Crippen LogP contribution in [0, 0.1) is 5.82 Å². The van der Waals surface area contributed by atoms with Crippen LogP contribution in [0.3, 0.4) is 0 Å². The average Bonchev–Trinajstić information content (AvgIpc) is 2.48. The molecule has 0 radical (unpaired) electrons. The lowest BCUT2D eigenvalue weighted by molar-refractivity contribution is 0.218. The first-order valence-corrected chi connectivity index (χ1v) is 6.45. The van der Waals surface area contributed by atoms with Crippen molar-refractivity contribution in [1.29, 1.82) is 0 Å². The number of aromatic nitrogens is 2. The van der Waals surface area contributed by atoms with Crippen LogP contribution in [0.15, 0.2) is 24.5 Å². The van der Waals surface area contributed by atoms with Gasteiger partial charge in [0.2, 0.25) is 0 Å². The van der Waals surface area contributed by atoms with Crippen LogP contribution < -0.4 is 11.1 Å². The number of carbonyl (C=O) groups is 1. The van der Waals surface area contributed by atoms with Gasteiger partial charge in [-0.15, -0.1) is 12.4 Å². The smallest absolute Gasteiger partial charge is 0.323 e. The van der Waals surface area contributed by atoms with E-state index in [1.807, 2.05) is 0 Å². The van der Waals surface area contributed by atoms with Gasteiger partial charge >= 0.3 is 6.03 Å². The summed E-state index contributed by atoms with van der Waals surface area (Å²) in [5.41, 5.74) is 7.92. The van der Waals surface area contributed by atoms with Crippen molar-refractivity contribution in [1.82, 2.24) is 14.9 Å². The zero-order chi connectivity index (χ0) is 15.0. The number of hydrogen-bond donors (Lipinski definition) is 2. The van der Waals surface area contributed by atoms with Crippen molar-refractivity contribution in [2.24, 2.45) is 5.73 Å². The minimum atomic E-state index is -0.365. The van der Waals surface area contributed by atoms with E-state index in [2.05, 4.69) is 15.3 Å². The van der Waals surface area contributed by atoms with E-state index in [-0.39, 0.29) is 30.8 Å². The van der Waals surface area contributed by atoms with E-state index in [0.29, 0.717) is 29.2 Å². The number of urea groups is 1. The highest BCUT2D eigenvalue weighted by atomic mass is 35.5. The Bertz CT molecular complexity index is 724. The van der Waals surface area contributed by atoms with Gasteiger partial charge in [0.1, 0.15) is 18.0 Å². The molecule has 2 amide bonds. The number of hydrogen-bond acceptors (Lipinski definition) is 4. The Morgan fingerprint density at radius 1 is 1.41 bits per heavy atom. The molecule has 3 rings (SSSR count). The highest BCUT2D eigenvalue weighted by Gasteiger charge is 2.24. The third kappa shape index (κ3) is 2.72. The minimum absolute atomic E-state index is 0. The fourth-order valence-corrected chi connectivity index (χ4v) is 2.28. The molecule has 0 saturated heterocycles. The van der Waals surface area contributed by atoms with E-state index < -0.39 is 0 Å². The number of rotatable bonds is 2. The van der Waals surface area contributed by atoms with Crippen molar-refractivity contribution >= 4 is 24.3 Å². The maximum absolute atomic E-state index is 13.9. The molecule has 116 valence electrons. The van der Waals surface area contributed by atoms with E-state index in [1.165, 1.54) is 17.3 Å². The number of anilines is 1. The minimum Gasteiger partial charge on any atom is -0.326 e. The zero-order valence-corrected chi connectivity index (χ0v) is 12.7. The molecule has 0 atom stereocenters. The molecule has 2 aromatic rings. The topological polar surface area (TPSA) is 84.1 Å². The van der Waals surface area contributed by atoms with E-state index in [4.69, 9.17) is 5.73 Å². The van der Waals surface area contributed by atoms with Crippen LogP contribution >= 0.6 is 12.4 Å². The molecule has 1 aliphatic heterocycles. The summed E-state index contributed by atoms with van der Waals surface area (Å²) >= 11 is 0. The lowest BCUT2D eigenvalue weighted by Gasteiger charge is -2.26. The Hall–Kier alpha value is -2.25. The number of benzene rings is 1. The molecule has 2 heterocycles. The molecule has 0 saturated carbocycles. The first-order valence-electron chi connectivity index (χ1n) is 6.45. The van der Waals surface area contributed by atoms with Gasteiger partial charge in [-0.2, -0.15) is 0 Å². The SMILES string of the molecule is CN1Cc2c(ncnc2-c2ccc(CN)c(F)c2)NC1=O.Cl. The van der Waals surface area contributed by atoms with E-state index in [1.54, 1.807) is 19.2 Å². The molecular formula is C14H15ClFN5O. The number of nitrogens with zero attached hydrogens (tertiary/aromatic N) is 3. The van der Waals surface area contributed by atoms with Gasteiger partial charge in [0.05, 0.1) is 12.2 Å². The summed E-state index contributed by atoms with van der Waals surface area (Å²) in [6, 6.07) is 4.59. The van der Waals surface area contributed by atoms with E-state index in [9.17, 15) is 9.18 Å². The van der Waals surface area contributed by atoms with Crippen LogP contribution in [0.5, 0.6) is 0 Å². The van der Waals surface area contributed by atoms with Crippen molar-refractivity contribution in [2.75, 3.05) is 12.4 Å². The number of halogens is 2. The summed E-state index contributed by atoms with van der Waals surface area (Å²) in [7, 11) is 1.67. The van der Waals surface area contributed by atoms with Crippen LogP contribution in [0.2, 0.25) is 0 Å². The van der Waals surface area contributed by atoms with Gasteiger partial charge in [-0.05, 0) is 6.07 Å². The van der Waals surface area contributed by atoms with Crippen molar-refractivity contribution in [3.63, 3.8) is 0 Å². The van der Waals surface area contributed by atoms with Crippen LogP contribution in [0.25, 0.3) is 11.3 Å². The summed E-state index contributed by atoms with van der Waals surface area (Å²) in [6.45, 7) is 0.518. The van der Waals surface area contributed by atoms with Gasteiger partial charge < -0.3 is 10.6 Å². The number of nitrogens with two attached hydrogens (primary N) is 1. The van der Waals surface area contributed by atoms with Crippen molar-refractivity contribution < 1.29 is 9.18 Å². The lowest BCUT2D eigenvalue weighted by Crippen LogP contribution is -2.36. The standard InChI is InChI=1S/C14H14FN5O.ClH/c1-20-6-10-12(17-7-18-13(10)19-14(20)21)8-2-3-9(5-16)11(15)4-8;/h2-4,7H,5-6,16H2,1H3,(H,17,18,19,21);1H. The van der Waals surface area contributed by atoms with Crippen LogP contribution in [-0.4, -0.2) is 27.9 Å². The van der Waals surface area contributed by atoms with Gasteiger partial charge in [0.25, 0.3) is 0 Å². The predicted octanol–water partition coefficient (Wildman–Crippen LogP) is 2.14. The quantitative estimate of drug-likeness (QED) is 0.887. The Morgan fingerprint density at radius 2 is 2.18 bits per heavy atom. The molecule has 1 aromatic carbocycles. The van der Waals surface area contributed by atoms with Gasteiger partial charge in [-0.1, -0.05) is 12.1 Å². The van der Waals surface area contributed by atoms with E-state index >= 15 is 0 Å². The molecular weight excluding hydrogens is 309 g/mol. The molecule has 0 aliphatic carbocycles. The third-order valence-electron chi connectivity index (χ3n) is 3.46. The van der Waals surface area contributed by atoms with Crippen molar-refractivity contribution in [3.8, 4) is 11.3 Å². The summed E-state index contributed by atoms with van der Waals surface area (Å²) in [5, 5.41) is 2.68. The molecule has 0 spiro atoms. The average molecular weight is 324 g/mol. The highest BCUT2D eigenvalue weighted by Crippen LogP contribution is 2.30. The summed E-state index contributed by atoms with van der Waals surface area (Å²) in [6.07, 6.45) is 1.36. The molecule has 6 nitrogen and oxygen atoms in total. The molecule has 0 fully saturated rings. The fourth-order valence-electron chi connectivity index (χ4n) is 2.28. The van der Waals surface area contributed by atoms with Gasteiger partial charge in [0.15, 0.2) is 0 Å². The largest absolute Gasteiger partial charge is 0.326 e. The van der Waals surface area contributed by atoms with Crippen LogP contribution in [-0.2, 0) is 13.1 Å². The first kappa shape index (κ1) is 16.1. The summed E-state index contributed by atoms with van der Waals surface area (Å²) < 4.78 is 13.9. The van der Waals surface area contributed by atoms with Gasteiger partial charge in [0, 0.05) is 30.3 Å².